The van der Waals surface area contributed by atoms with Gasteiger partial charge >= 0.3 is 10.2 Å². The summed E-state index contributed by atoms with van der Waals surface area (Å²) in [6.45, 7) is 3.77. The number of likely N-dealkylation sites (N-methyl/N-ethyl adjacent to an activating group) is 1. The highest BCUT2D eigenvalue weighted by Crippen LogP contribution is 2.20. The van der Waals surface area contributed by atoms with Crippen LogP contribution in [0.25, 0.3) is 0 Å². The fraction of sp³-hybridized carbons (Fsp3) is 0.385. The first-order valence-corrected chi connectivity index (χ1v) is 7.90. The van der Waals surface area contributed by atoms with Crippen molar-refractivity contribution >= 4 is 21.8 Å². The molecule has 0 radical (unpaired) electrons. The van der Waals surface area contributed by atoms with Crippen molar-refractivity contribution in [3.8, 4) is 0 Å². The molecule has 0 saturated heterocycles. The molecule has 2 rings (SSSR count). The fourth-order valence-corrected chi connectivity index (χ4v) is 2.60. The Morgan fingerprint density at radius 3 is 2.81 bits per heavy atom. The number of carbonyl (C=O) groups is 1. The summed E-state index contributed by atoms with van der Waals surface area (Å²) < 4.78 is 33.7. The SMILES string of the molecule is CC[C@H](C)NC(=O)C1=CC(c2ccco2)=NS(=O)(=O)N1C. The Bertz CT molecular complexity index is 689. The Kier molecular flexibility index (Phi) is 4.17. The van der Waals surface area contributed by atoms with Gasteiger partial charge in [0.05, 0.1) is 6.26 Å². The van der Waals surface area contributed by atoms with E-state index in [0.29, 0.717) is 5.76 Å². The predicted octanol–water partition coefficient (Wildman–Crippen LogP) is 1.06. The molecule has 8 heteroatoms. The van der Waals surface area contributed by atoms with Crippen LogP contribution in [0.5, 0.6) is 0 Å². The van der Waals surface area contributed by atoms with E-state index in [0.717, 1.165) is 10.7 Å². The summed E-state index contributed by atoms with van der Waals surface area (Å²) in [5.41, 5.74) is 0.115. The summed E-state index contributed by atoms with van der Waals surface area (Å²) in [7, 11) is -2.65. The molecule has 1 aliphatic rings. The van der Waals surface area contributed by atoms with Gasteiger partial charge in [0, 0.05) is 13.1 Å². The second kappa shape index (κ2) is 5.72. The van der Waals surface area contributed by atoms with Gasteiger partial charge in [-0.2, -0.15) is 8.42 Å². The highest BCUT2D eigenvalue weighted by molar-refractivity contribution is 7.88. The Morgan fingerprint density at radius 2 is 2.24 bits per heavy atom. The maximum Gasteiger partial charge on any atom is 0.345 e. The van der Waals surface area contributed by atoms with Gasteiger partial charge in [0.15, 0.2) is 5.76 Å². The molecule has 1 aromatic heterocycles. The molecule has 114 valence electrons. The van der Waals surface area contributed by atoms with E-state index < -0.39 is 16.1 Å². The first kappa shape index (κ1) is 15.3. The number of allylic oxidation sites excluding steroid dienone is 1. The largest absolute Gasteiger partial charge is 0.463 e. The van der Waals surface area contributed by atoms with Crippen LogP contribution >= 0.6 is 0 Å². The maximum absolute atomic E-state index is 12.2. The number of nitrogens with one attached hydrogen (secondary N) is 1. The third kappa shape index (κ3) is 3.15. The highest BCUT2D eigenvalue weighted by Gasteiger charge is 2.30. The molecular weight excluding hydrogens is 294 g/mol. The number of hydrogen-bond donors (Lipinski definition) is 1. The Morgan fingerprint density at radius 1 is 1.52 bits per heavy atom. The van der Waals surface area contributed by atoms with Crippen LogP contribution in [0.15, 0.2) is 39.0 Å². The van der Waals surface area contributed by atoms with Gasteiger partial charge in [-0.25, -0.2) is 4.31 Å². The van der Waals surface area contributed by atoms with E-state index in [1.54, 1.807) is 12.1 Å². The number of rotatable bonds is 4. The van der Waals surface area contributed by atoms with Gasteiger partial charge in [-0.3, -0.25) is 4.79 Å². The van der Waals surface area contributed by atoms with E-state index in [9.17, 15) is 13.2 Å². The van der Waals surface area contributed by atoms with E-state index >= 15 is 0 Å². The molecule has 0 saturated carbocycles. The molecule has 1 atom stereocenters. The van der Waals surface area contributed by atoms with Crippen molar-refractivity contribution in [1.29, 1.82) is 0 Å². The Hall–Kier alpha value is -2.09. The van der Waals surface area contributed by atoms with Gasteiger partial charge in [0.2, 0.25) is 0 Å². The second-order valence-corrected chi connectivity index (χ2v) is 6.34. The van der Waals surface area contributed by atoms with E-state index in [2.05, 4.69) is 9.71 Å². The number of hydrogen-bond acceptors (Lipinski definition) is 4. The molecule has 0 unspecified atom stereocenters. The van der Waals surface area contributed by atoms with Crippen LogP contribution in [0.2, 0.25) is 0 Å². The summed E-state index contributed by atoms with van der Waals surface area (Å²) in [5, 5.41) is 2.73. The van der Waals surface area contributed by atoms with Crippen LogP contribution in [-0.2, 0) is 15.0 Å². The van der Waals surface area contributed by atoms with Crippen molar-refractivity contribution in [3.63, 3.8) is 0 Å². The van der Waals surface area contributed by atoms with Crippen LogP contribution in [0.4, 0.5) is 0 Å². The monoisotopic (exact) mass is 311 g/mol. The average Bonchev–Trinajstić information content (AvgIpc) is 2.95. The van der Waals surface area contributed by atoms with Gasteiger partial charge in [-0.1, -0.05) is 6.92 Å². The Balaban J connectivity index is 2.39. The normalized spacial score (nSPS) is 18.7. The second-order valence-electron chi connectivity index (χ2n) is 4.71. The molecule has 1 aromatic rings. The number of amides is 1. The molecule has 7 nitrogen and oxygen atoms in total. The minimum Gasteiger partial charge on any atom is -0.463 e. The number of carbonyl (C=O) groups excluding carboxylic acids is 1. The topological polar surface area (TPSA) is 92.0 Å². The first-order valence-electron chi connectivity index (χ1n) is 6.50. The molecule has 0 bridgehead atoms. The van der Waals surface area contributed by atoms with Crippen LogP contribution in [0, 0.1) is 0 Å². The molecule has 0 aromatic carbocycles. The summed E-state index contributed by atoms with van der Waals surface area (Å²) in [4.78, 5) is 12.2. The molecule has 2 heterocycles. The van der Waals surface area contributed by atoms with Gasteiger partial charge in [0.25, 0.3) is 5.91 Å². The zero-order chi connectivity index (χ0) is 15.6. The molecular formula is C13H17N3O4S. The number of nitrogens with zero attached hydrogens (tertiary/aromatic N) is 2. The lowest BCUT2D eigenvalue weighted by Crippen LogP contribution is -2.41. The molecule has 21 heavy (non-hydrogen) atoms. The lowest BCUT2D eigenvalue weighted by atomic mass is 10.2. The van der Waals surface area contributed by atoms with E-state index in [1.165, 1.54) is 19.4 Å². The molecule has 1 amide bonds. The van der Waals surface area contributed by atoms with Crippen LogP contribution < -0.4 is 5.32 Å². The lowest BCUT2D eigenvalue weighted by Gasteiger charge is -2.24. The van der Waals surface area contributed by atoms with Crippen LogP contribution in [0.1, 0.15) is 26.0 Å². The summed E-state index contributed by atoms with van der Waals surface area (Å²) >= 11 is 0. The predicted molar refractivity (Wildman–Crippen MR) is 77.9 cm³/mol. The van der Waals surface area contributed by atoms with Gasteiger partial charge < -0.3 is 9.73 Å². The fourth-order valence-electron chi connectivity index (χ4n) is 1.71. The van der Waals surface area contributed by atoms with Crippen molar-refractivity contribution in [3.05, 3.63) is 35.9 Å². The third-order valence-corrected chi connectivity index (χ3v) is 4.48. The zero-order valence-corrected chi connectivity index (χ0v) is 12.8. The summed E-state index contributed by atoms with van der Waals surface area (Å²) in [5.74, 6) is -0.171. The van der Waals surface area contributed by atoms with Crippen LogP contribution in [0.3, 0.4) is 0 Å². The summed E-state index contributed by atoms with van der Waals surface area (Å²) in [6.07, 6.45) is 3.56. The molecule has 0 aliphatic carbocycles. The summed E-state index contributed by atoms with van der Waals surface area (Å²) in [6, 6.07) is 3.15. The lowest BCUT2D eigenvalue weighted by molar-refractivity contribution is -0.119. The van der Waals surface area contributed by atoms with Gasteiger partial charge in [-0.05, 0) is 31.6 Å². The third-order valence-electron chi connectivity index (χ3n) is 3.17. The average molecular weight is 311 g/mol. The smallest absolute Gasteiger partial charge is 0.345 e. The van der Waals surface area contributed by atoms with Gasteiger partial charge in [0.1, 0.15) is 11.4 Å². The zero-order valence-electron chi connectivity index (χ0n) is 12.0. The minimum absolute atomic E-state index is 0.0108. The van der Waals surface area contributed by atoms with Crippen LogP contribution in [-0.4, -0.2) is 37.4 Å². The molecule has 0 fully saturated rings. The standard InChI is InChI=1S/C13H17N3O4S/c1-4-9(2)14-13(17)11-8-10(12-6-5-7-20-12)15-21(18,19)16(11)3/h5-9H,4H2,1-3H3,(H,14,17)/t9-/m0/s1. The minimum atomic E-state index is -3.94. The quantitative estimate of drug-likeness (QED) is 0.900. The first-order chi connectivity index (χ1) is 9.85. The Labute approximate surface area is 123 Å². The maximum atomic E-state index is 12.2. The van der Waals surface area contributed by atoms with Crippen molar-refractivity contribution in [1.82, 2.24) is 9.62 Å². The van der Waals surface area contributed by atoms with Gasteiger partial charge in [-0.15, -0.1) is 4.40 Å². The van der Waals surface area contributed by atoms with Crippen molar-refractivity contribution < 1.29 is 17.6 Å². The molecule has 1 N–H and O–H groups in total. The van der Waals surface area contributed by atoms with E-state index in [-0.39, 0.29) is 17.5 Å². The van der Waals surface area contributed by atoms with Crippen molar-refractivity contribution in [2.75, 3.05) is 7.05 Å². The number of furan rings is 1. The van der Waals surface area contributed by atoms with E-state index in [1.807, 2.05) is 13.8 Å². The molecule has 0 spiro atoms. The van der Waals surface area contributed by atoms with Crippen molar-refractivity contribution in [2.45, 2.75) is 26.3 Å². The molecule has 1 aliphatic heterocycles. The highest BCUT2D eigenvalue weighted by atomic mass is 32.2. The van der Waals surface area contributed by atoms with Crippen molar-refractivity contribution in [2.24, 2.45) is 4.40 Å². The van der Waals surface area contributed by atoms with E-state index in [4.69, 9.17) is 4.42 Å².